The molecule has 4 aromatic rings. The number of β-amino-alcohol motifs (C(OH)–C–C–N with tert-alkyl or cyclic N) is 1. The first-order chi connectivity index (χ1) is 19.8. The summed E-state index contributed by atoms with van der Waals surface area (Å²) in [4.78, 5) is 41.3. The number of aromatic amines is 1. The van der Waals surface area contributed by atoms with Gasteiger partial charge in [0.05, 0.1) is 23.6 Å². The molecular weight excluding hydrogens is 522 g/mol. The number of amides is 1. The average Bonchev–Trinajstić information content (AvgIpc) is 3.60. The van der Waals surface area contributed by atoms with Crippen molar-refractivity contribution in [1.82, 2.24) is 29.6 Å². The number of carbonyl (C=O) groups excluding carboxylic acids is 1. The number of fused-ring (bicyclic) bond motifs is 1. The van der Waals surface area contributed by atoms with Crippen LogP contribution in [0.15, 0.2) is 53.6 Å². The van der Waals surface area contributed by atoms with Gasteiger partial charge in [-0.3, -0.25) is 9.59 Å². The molecule has 2 aliphatic heterocycles. The minimum Gasteiger partial charge on any atom is -0.391 e. The van der Waals surface area contributed by atoms with Crippen LogP contribution < -0.4 is 10.5 Å². The van der Waals surface area contributed by atoms with Gasteiger partial charge in [0, 0.05) is 50.3 Å². The topological polar surface area (TPSA) is 140 Å². The fourth-order valence-corrected chi connectivity index (χ4v) is 5.95. The third-order valence-corrected chi connectivity index (χ3v) is 8.60. The molecule has 212 valence electrons. The summed E-state index contributed by atoms with van der Waals surface area (Å²) in [5.74, 6) is 1.64. The molecule has 1 unspecified atom stereocenters. The summed E-state index contributed by atoms with van der Waals surface area (Å²) in [6.07, 6.45) is 6.84. The van der Waals surface area contributed by atoms with Crippen LogP contribution in [0.25, 0.3) is 27.8 Å². The Hall–Kier alpha value is -4.09. The van der Waals surface area contributed by atoms with Crippen molar-refractivity contribution >= 4 is 22.8 Å². The minimum atomic E-state index is -1.03. The first kappa shape index (κ1) is 25.8. The molecule has 3 aromatic heterocycles. The number of carbonyl (C=O) groups is 1. The summed E-state index contributed by atoms with van der Waals surface area (Å²) >= 11 is 0. The second-order valence-corrected chi connectivity index (χ2v) is 11.6. The second-order valence-electron chi connectivity index (χ2n) is 11.6. The van der Waals surface area contributed by atoms with Crippen molar-refractivity contribution in [3.8, 4) is 16.8 Å². The number of nitrogens with zero attached hydrogens (tertiary/aromatic N) is 6. The summed E-state index contributed by atoms with van der Waals surface area (Å²) in [6, 6.07) is 11.8. The Labute approximate surface area is 236 Å². The van der Waals surface area contributed by atoms with E-state index in [2.05, 4.69) is 20.0 Å². The Balaban J connectivity index is 1.08. The van der Waals surface area contributed by atoms with Gasteiger partial charge >= 0.3 is 0 Å². The van der Waals surface area contributed by atoms with Crippen molar-refractivity contribution in [3.05, 3.63) is 65.0 Å². The lowest BCUT2D eigenvalue weighted by atomic mass is 9.87. The maximum Gasteiger partial charge on any atom is 0.262 e. The van der Waals surface area contributed by atoms with Crippen molar-refractivity contribution in [2.75, 3.05) is 31.1 Å². The predicted molar refractivity (Wildman–Crippen MR) is 153 cm³/mol. The van der Waals surface area contributed by atoms with Gasteiger partial charge in [-0.25, -0.2) is 14.6 Å². The van der Waals surface area contributed by atoms with Crippen LogP contribution in [0.5, 0.6) is 0 Å². The highest BCUT2D eigenvalue weighted by Crippen LogP contribution is 2.34. The minimum absolute atomic E-state index is 0.170. The summed E-state index contributed by atoms with van der Waals surface area (Å²) < 4.78 is 1.64. The van der Waals surface area contributed by atoms with Crippen LogP contribution in [0.3, 0.4) is 0 Å². The van der Waals surface area contributed by atoms with Crippen molar-refractivity contribution in [1.29, 1.82) is 0 Å². The molecule has 1 atom stereocenters. The van der Waals surface area contributed by atoms with Crippen molar-refractivity contribution in [2.24, 2.45) is 5.92 Å². The Morgan fingerprint density at radius 1 is 1.00 bits per heavy atom. The van der Waals surface area contributed by atoms with E-state index in [0.29, 0.717) is 49.3 Å². The van der Waals surface area contributed by atoms with E-state index in [1.807, 2.05) is 47.5 Å². The molecule has 7 rings (SSSR count). The molecule has 1 aromatic carbocycles. The van der Waals surface area contributed by atoms with Crippen molar-refractivity contribution in [3.63, 3.8) is 0 Å². The smallest absolute Gasteiger partial charge is 0.262 e. The van der Waals surface area contributed by atoms with E-state index in [1.165, 1.54) is 6.20 Å². The van der Waals surface area contributed by atoms with Gasteiger partial charge < -0.3 is 25.0 Å². The van der Waals surface area contributed by atoms with Gasteiger partial charge in [-0.2, -0.15) is 5.10 Å². The summed E-state index contributed by atoms with van der Waals surface area (Å²) in [5, 5.41) is 25.9. The molecule has 11 heteroatoms. The fraction of sp³-hybridized carbons (Fsp3) is 0.433. The molecule has 11 nitrogen and oxygen atoms in total. The third kappa shape index (κ3) is 5.11. The monoisotopic (exact) mass is 555 g/mol. The fourth-order valence-electron chi connectivity index (χ4n) is 5.95. The van der Waals surface area contributed by atoms with Gasteiger partial charge in [-0.15, -0.1) is 0 Å². The Morgan fingerprint density at radius 3 is 2.41 bits per heavy atom. The normalized spacial score (nSPS) is 20.6. The van der Waals surface area contributed by atoms with Gasteiger partial charge in [0.15, 0.2) is 5.65 Å². The molecular formula is C30H33N7O4. The molecule has 0 bridgehead atoms. The Kier molecular flexibility index (Phi) is 6.35. The third-order valence-electron chi connectivity index (χ3n) is 8.60. The quantitative estimate of drug-likeness (QED) is 0.328. The highest BCUT2D eigenvalue weighted by Gasteiger charge is 2.39. The standard InChI is InChI=1S/C30H33N7O4/c38-23-9-12-36(18-23)26-8-5-21(16-31-26)19-3-6-22(7-4-19)37-27-24(17-32-37)28(39)34-25(33-27)15-30(41)10-13-35(14-11-30)29(40)20-1-2-20/h3-8,16-17,20,23,38,41H,1-2,9-15,18H2,(H,33,34,39). The van der Waals surface area contributed by atoms with E-state index in [0.717, 1.165) is 48.4 Å². The molecule has 1 aliphatic carbocycles. The molecule has 3 aliphatic rings. The lowest BCUT2D eigenvalue weighted by Gasteiger charge is -2.38. The molecule has 41 heavy (non-hydrogen) atoms. The highest BCUT2D eigenvalue weighted by atomic mass is 16.3. The maximum atomic E-state index is 12.9. The molecule has 2 saturated heterocycles. The first-order valence-electron chi connectivity index (χ1n) is 14.3. The summed E-state index contributed by atoms with van der Waals surface area (Å²) in [7, 11) is 0. The molecule has 0 spiro atoms. The van der Waals surface area contributed by atoms with Crippen LogP contribution in [0.1, 0.15) is 37.9 Å². The lowest BCUT2D eigenvalue weighted by molar-refractivity contribution is -0.136. The Bertz CT molecular complexity index is 1630. The number of piperidine rings is 1. The second kappa shape index (κ2) is 10.1. The van der Waals surface area contributed by atoms with Crippen LogP contribution in [0, 0.1) is 5.92 Å². The number of aliphatic hydroxyl groups excluding tert-OH is 1. The van der Waals surface area contributed by atoms with Gasteiger partial charge in [0.25, 0.3) is 5.56 Å². The molecule has 5 heterocycles. The van der Waals surface area contributed by atoms with Gasteiger partial charge in [0.2, 0.25) is 5.91 Å². The zero-order chi connectivity index (χ0) is 28.1. The molecule has 3 N–H and O–H groups in total. The number of aromatic nitrogens is 5. The summed E-state index contributed by atoms with van der Waals surface area (Å²) in [6.45, 7) is 2.44. The lowest BCUT2D eigenvalue weighted by Crippen LogP contribution is -2.48. The Morgan fingerprint density at radius 2 is 1.76 bits per heavy atom. The molecule has 0 radical (unpaired) electrons. The number of pyridine rings is 1. The van der Waals surface area contributed by atoms with Gasteiger partial charge in [-0.05, 0) is 61.9 Å². The average molecular weight is 556 g/mol. The molecule has 3 fully saturated rings. The van der Waals surface area contributed by atoms with E-state index in [-0.39, 0.29) is 29.9 Å². The number of hydrogen-bond acceptors (Lipinski definition) is 8. The highest BCUT2D eigenvalue weighted by molar-refractivity contribution is 5.81. The van der Waals surface area contributed by atoms with Crippen LogP contribution in [0.2, 0.25) is 0 Å². The number of nitrogens with one attached hydrogen (secondary N) is 1. The number of anilines is 1. The van der Waals surface area contributed by atoms with Gasteiger partial charge in [0.1, 0.15) is 17.0 Å². The van der Waals surface area contributed by atoms with Crippen LogP contribution in [-0.2, 0) is 11.2 Å². The zero-order valence-electron chi connectivity index (χ0n) is 22.7. The van der Waals surface area contributed by atoms with E-state index in [9.17, 15) is 19.8 Å². The zero-order valence-corrected chi connectivity index (χ0v) is 22.7. The van der Waals surface area contributed by atoms with Crippen LogP contribution in [0.4, 0.5) is 5.82 Å². The van der Waals surface area contributed by atoms with Crippen molar-refractivity contribution in [2.45, 2.75) is 50.2 Å². The number of H-pyrrole nitrogens is 1. The van der Waals surface area contributed by atoms with E-state index < -0.39 is 5.60 Å². The molecule has 1 saturated carbocycles. The largest absolute Gasteiger partial charge is 0.391 e. The van der Waals surface area contributed by atoms with Crippen LogP contribution >= 0.6 is 0 Å². The maximum absolute atomic E-state index is 12.9. The van der Waals surface area contributed by atoms with E-state index in [4.69, 9.17) is 4.98 Å². The number of aliphatic hydroxyl groups is 2. The number of rotatable bonds is 6. The first-order valence-corrected chi connectivity index (χ1v) is 14.3. The van der Waals surface area contributed by atoms with Crippen molar-refractivity contribution < 1.29 is 15.0 Å². The van der Waals surface area contributed by atoms with E-state index >= 15 is 0 Å². The van der Waals surface area contributed by atoms with E-state index in [1.54, 1.807) is 4.68 Å². The number of hydrogen-bond donors (Lipinski definition) is 3. The van der Waals surface area contributed by atoms with Gasteiger partial charge in [-0.1, -0.05) is 12.1 Å². The van der Waals surface area contributed by atoms with Crippen LogP contribution in [-0.4, -0.2) is 83.6 Å². The number of benzene rings is 1. The SMILES string of the molecule is O=C(C1CC1)N1CCC(O)(Cc2nc3c(cnn3-c3ccc(-c4ccc(N5CCC(O)C5)nc4)cc3)c(=O)[nH]2)CC1. The predicted octanol–water partition coefficient (Wildman–Crippen LogP) is 2.05. The summed E-state index contributed by atoms with van der Waals surface area (Å²) in [5.41, 5.74) is 1.82. The number of likely N-dealkylation sites (tertiary alicyclic amines) is 1. The molecule has 1 amide bonds.